The molecule has 1 aliphatic rings. The Labute approximate surface area is 181 Å². The van der Waals surface area contributed by atoms with E-state index < -0.39 is 6.09 Å². The molecule has 2 heterocycles. The minimum absolute atomic E-state index is 0.415. The van der Waals surface area contributed by atoms with E-state index in [2.05, 4.69) is 22.4 Å². The van der Waals surface area contributed by atoms with Crippen LogP contribution in [0.5, 0.6) is 11.5 Å². The number of amides is 1. The van der Waals surface area contributed by atoms with Gasteiger partial charge < -0.3 is 14.8 Å². The van der Waals surface area contributed by atoms with Crippen molar-refractivity contribution in [1.82, 2.24) is 10.3 Å². The number of carbonyl (C=O) groups excluding carboxylic acids is 1. The number of nitrogens with one attached hydrogen (secondary N) is 1. The molecule has 156 valence electrons. The van der Waals surface area contributed by atoms with Crippen molar-refractivity contribution < 1.29 is 14.3 Å². The molecule has 30 heavy (non-hydrogen) atoms. The second-order valence-electron chi connectivity index (χ2n) is 7.58. The van der Waals surface area contributed by atoms with Crippen molar-refractivity contribution in [2.45, 2.75) is 32.1 Å². The highest BCUT2D eigenvalue weighted by Gasteiger charge is 2.16. The Bertz CT molecular complexity index is 982. The van der Waals surface area contributed by atoms with Crippen molar-refractivity contribution in [3.63, 3.8) is 0 Å². The van der Waals surface area contributed by atoms with E-state index in [0.29, 0.717) is 24.0 Å². The zero-order valence-corrected chi connectivity index (χ0v) is 17.9. The molecule has 5 nitrogen and oxygen atoms in total. The number of ether oxygens (including phenoxy) is 2. The lowest BCUT2D eigenvalue weighted by molar-refractivity contribution is 0.196. The molecule has 0 atom stereocenters. The van der Waals surface area contributed by atoms with Gasteiger partial charge in [-0.05, 0) is 54.5 Å². The van der Waals surface area contributed by atoms with E-state index in [1.807, 2.05) is 29.8 Å². The van der Waals surface area contributed by atoms with Gasteiger partial charge in [0.15, 0.2) is 0 Å². The molecular weight excluding hydrogens is 396 g/mol. The molecule has 0 bridgehead atoms. The third kappa shape index (κ3) is 5.00. The monoisotopic (exact) mass is 422 g/mol. The molecule has 0 radical (unpaired) electrons. The maximum absolute atomic E-state index is 12.3. The summed E-state index contributed by atoms with van der Waals surface area (Å²) in [4.78, 5) is 17.8. The average molecular weight is 423 g/mol. The van der Waals surface area contributed by atoms with E-state index in [-0.39, 0.29) is 0 Å². The first-order valence-corrected chi connectivity index (χ1v) is 11.2. The van der Waals surface area contributed by atoms with E-state index in [0.717, 1.165) is 21.6 Å². The standard InChI is InChI=1S/C24H26N2O3S/c1-28-22-10-9-20(29-24(27)26-14-17-6-3-2-4-7-17)13-21(22)18-12-19(16-25-15-18)23-8-5-11-30-23/h5,8-13,15-17H,2-4,6-7,14H2,1H3,(H,26,27). The van der Waals surface area contributed by atoms with Crippen molar-refractivity contribution in [2.24, 2.45) is 5.92 Å². The summed E-state index contributed by atoms with van der Waals surface area (Å²) in [6, 6.07) is 11.6. The molecule has 1 N–H and O–H groups in total. The summed E-state index contributed by atoms with van der Waals surface area (Å²) in [5.74, 6) is 1.74. The minimum atomic E-state index is -0.415. The van der Waals surface area contributed by atoms with Gasteiger partial charge in [-0.15, -0.1) is 11.3 Å². The molecule has 0 saturated heterocycles. The maximum Gasteiger partial charge on any atom is 0.412 e. The van der Waals surface area contributed by atoms with Crippen molar-refractivity contribution in [2.75, 3.05) is 13.7 Å². The van der Waals surface area contributed by atoms with Crippen LogP contribution in [0.3, 0.4) is 0 Å². The number of methoxy groups -OCH3 is 1. The molecule has 0 spiro atoms. The third-order valence-corrected chi connectivity index (χ3v) is 6.42. The fraction of sp³-hybridized carbons (Fsp3) is 0.333. The lowest BCUT2D eigenvalue weighted by Crippen LogP contribution is -2.32. The van der Waals surface area contributed by atoms with Crippen molar-refractivity contribution >= 4 is 17.4 Å². The summed E-state index contributed by atoms with van der Waals surface area (Å²) in [5, 5.41) is 4.96. The van der Waals surface area contributed by atoms with Gasteiger partial charge in [0.25, 0.3) is 0 Å². The van der Waals surface area contributed by atoms with Gasteiger partial charge in [0.2, 0.25) is 0 Å². The summed E-state index contributed by atoms with van der Waals surface area (Å²) >= 11 is 1.67. The van der Waals surface area contributed by atoms with Crippen molar-refractivity contribution in [1.29, 1.82) is 0 Å². The lowest BCUT2D eigenvalue weighted by atomic mass is 9.89. The van der Waals surface area contributed by atoms with Crippen LogP contribution >= 0.6 is 11.3 Å². The van der Waals surface area contributed by atoms with Crippen LogP contribution in [0.25, 0.3) is 21.6 Å². The molecule has 0 aliphatic heterocycles. The van der Waals surface area contributed by atoms with Crippen LogP contribution in [-0.2, 0) is 0 Å². The lowest BCUT2D eigenvalue weighted by Gasteiger charge is -2.21. The largest absolute Gasteiger partial charge is 0.496 e. The van der Waals surface area contributed by atoms with Gasteiger partial charge >= 0.3 is 6.09 Å². The molecular formula is C24H26N2O3S. The molecule has 0 unspecified atom stereocenters. The van der Waals surface area contributed by atoms with Crippen LogP contribution in [-0.4, -0.2) is 24.7 Å². The van der Waals surface area contributed by atoms with Gasteiger partial charge in [-0.3, -0.25) is 4.98 Å². The predicted molar refractivity (Wildman–Crippen MR) is 120 cm³/mol. The second kappa shape index (κ2) is 9.76. The third-order valence-electron chi connectivity index (χ3n) is 5.50. The molecule has 1 aromatic carbocycles. The number of thiophene rings is 1. The molecule has 2 aromatic heterocycles. The first kappa shape index (κ1) is 20.4. The van der Waals surface area contributed by atoms with Gasteiger partial charge in [-0.2, -0.15) is 0 Å². The zero-order chi connectivity index (χ0) is 20.8. The molecule has 1 fully saturated rings. The van der Waals surface area contributed by atoms with Gasteiger partial charge in [-0.1, -0.05) is 25.3 Å². The van der Waals surface area contributed by atoms with Gasteiger partial charge in [0.05, 0.1) is 7.11 Å². The Kier molecular flexibility index (Phi) is 6.64. The number of hydrogen-bond donors (Lipinski definition) is 1. The fourth-order valence-electron chi connectivity index (χ4n) is 3.90. The summed E-state index contributed by atoms with van der Waals surface area (Å²) in [6.07, 6.45) is 9.40. The molecule has 1 aliphatic carbocycles. The van der Waals surface area contributed by atoms with Crippen LogP contribution in [0.1, 0.15) is 32.1 Å². The van der Waals surface area contributed by atoms with Crippen molar-refractivity contribution in [3.05, 3.63) is 54.2 Å². The zero-order valence-electron chi connectivity index (χ0n) is 17.1. The number of carbonyl (C=O) groups is 1. The molecule has 3 aromatic rings. The highest BCUT2D eigenvalue weighted by atomic mass is 32.1. The first-order chi connectivity index (χ1) is 14.7. The topological polar surface area (TPSA) is 60.5 Å². The van der Waals surface area contributed by atoms with E-state index in [1.165, 1.54) is 32.1 Å². The van der Waals surface area contributed by atoms with Crippen LogP contribution in [0.15, 0.2) is 54.2 Å². The highest BCUT2D eigenvalue weighted by Crippen LogP contribution is 2.35. The van der Waals surface area contributed by atoms with E-state index in [9.17, 15) is 4.79 Å². The van der Waals surface area contributed by atoms with Crippen LogP contribution in [0.2, 0.25) is 0 Å². The highest BCUT2D eigenvalue weighted by molar-refractivity contribution is 7.13. The Morgan fingerprint density at radius 3 is 2.73 bits per heavy atom. The Balaban J connectivity index is 1.49. The van der Waals surface area contributed by atoms with Crippen LogP contribution in [0.4, 0.5) is 4.79 Å². The molecule has 4 rings (SSSR count). The number of benzene rings is 1. The van der Waals surface area contributed by atoms with Crippen molar-refractivity contribution in [3.8, 4) is 33.1 Å². The summed E-state index contributed by atoms with van der Waals surface area (Å²) in [7, 11) is 1.63. The predicted octanol–water partition coefficient (Wildman–Crippen LogP) is 6.15. The maximum atomic E-state index is 12.3. The summed E-state index contributed by atoms with van der Waals surface area (Å²) in [6.45, 7) is 0.675. The van der Waals surface area contributed by atoms with Gasteiger partial charge in [0, 0.05) is 40.5 Å². The Morgan fingerprint density at radius 1 is 1.13 bits per heavy atom. The summed E-state index contributed by atoms with van der Waals surface area (Å²) in [5.41, 5.74) is 2.79. The molecule has 1 saturated carbocycles. The van der Waals surface area contributed by atoms with E-state index >= 15 is 0 Å². The Morgan fingerprint density at radius 2 is 1.97 bits per heavy atom. The fourth-order valence-corrected chi connectivity index (χ4v) is 4.61. The first-order valence-electron chi connectivity index (χ1n) is 10.4. The molecule has 1 amide bonds. The second-order valence-corrected chi connectivity index (χ2v) is 8.52. The number of rotatable bonds is 6. The van der Waals surface area contributed by atoms with Crippen LogP contribution < -0.4 is 14.8 Å². The number of pyridine rings is 1. The molecule has 6 heteroatoms. The minimum Gasteiger partial charge on any atom is -0.496 e. The normalized spacial score (nSPS) is 14.3. The SMILES string of the molecule is COc1ccc(OC(=O)NCC2CCCCC2)cc1-c1cncc(-c2cccs2)c1. The van der Waals surface area contributed by atoms with E-state index in [4.69, 9.17) is 9.47 Å². The van der Waals surface area contributed by atoms with E-state index in [1.54, 1.807) is 30.7 Å². The smallest absolute Gasteiger partial charge is 0.412 e. The Hall–Kier alpha value is -2.86. The quantitative estimate of drug-likeness (QED) is 0.517. The number of hydrogen-bond acceptors (Lipinski definition) is 5. The average Bonchev–Trinajstić information content (AvgIpc) is 3.34. The van der Waals surface area contributed by atoms with Gasteiger partial charge in [0.1, 0.15) is 11.5 Å². The summed E-state index contributed by atoms with van der Waals surface area (Å²) < 4.78 is 11.1. The van der Waals surface area contributed by atoms with Gasteiger partial charge in [-0.25, -0.2) is 4.79 Å². The van der Waals surface area contributed by atoms with Crippen LogP contribution in [0, 0.1) is 5.92 Å². The number of aromatic nitrogens is 1. The number of nitrogens with zero attached hydrogens (tertiary/aromatic N) is 1.